The largest absolute Gasteiger partial charge is 0.334 e. The molecule has 1 aliphatic heterocycles. The van der Waals surface area contributed by atoms with E-state index in [1.807, 2.05) is 53.4 Å². The molecule has 0 aliphatic carbocycles. The Bertz CT molecular complexity index is 999. The van der Waals surface area contributed by atoms with Crippen molar-refractivity contribution in [3.05, 3.63) is 100.0 Å². The van der Waals surface area contributed by atoms with E-state index in [4.69, 9.17) is 0 Å². The van der Waals surface area contributed by atoms with Crippen molar-refractivity contribution in [1.82, 2.24) is 14.7 Å². The third kappa shape index (κ3) is 4.03. The molecule has 1 aromatic heterocycles. The van der Waals surface area contributed by atoms with Crippen LogP contribution in [0, 0.1) is 0 Å². The molecule has 28 heavy (non-hydrogen) atoms. The summed E-state index contributed by atoms with van der Waals surface area (Å²) >= 11 is 0. The van der Waals surface area contributed by atoms with Crippen LogP contribution in [0.1, 0.15) is 34.5 Å². The standard InChI is InChI=1S/C23H23N3O2/c27-22-14-13-21(24-26(22)17-19-10-5-2-6-11-19)23(28)25-15-7-12-20(25)16-18-8-3-1-4-9-18/h1-6,8-11,13-14,20H,7,12,15-17H2. The van der Waals surface area contributed by atoms with Gasteiger partial charge in [0.15, 0.2) is 0 Å². The molecule has 5 nitrogen and oxygen atoms in total. The minimum absolute atomic E-state index is 0.0970. The summed E-state index contributed by atoms with van der Waals surface area (Å²) in [5, 5.41) is 4.37. The predicted molar refractivity (Wildman–Crippen MR) is 108 cm³/mol. The molecule has 1 aliphatic rings. The van der Waals surface area contributed by atoms with Gasteiger partial charge in [-0.3, -0.25) is 9.59 Å². The quantitative estimate of drug-likeness (QED) is 0.690. The van der Waals surface area contributed by atoms with Gasteiger partial charge in [-0.05, 0) is 36.5 Å². The molecular weight excluding hydrogens is 350 g/mol. The van der Waals surface area contributed by atoms with Gasteiger partial charge in [-0.25, -0.2) is 4.68 Å². The zero-order valence-corrected chi connectivity index (χ0v) is 15.7. The first-order chi connectivity index (χ1) is 13.7. The number of hydrogen-bond donors (Lipinski definition) is 0. The summed E-state index contributed by atoms with van der Waals surface area (Å²) < 4.78 is 1.37. The van der Waals surface area contributed by atoms with E-state index in [1.165, 1.54) is 16.3 Å². The van der Waals surface area contributed by atoms with Gasteiger partial charge in [-0.15, -0.1) is 0 Å². The highest BCUT2D eigenvalue weighted by Gasteiger charge is 2.30. The molecule has 1 saturated heterocycles. The number of carbonyl (C=O) groups excluding carboxylic acids is 1. The number of amides is 1. The first-order valence-corrected chi connectivity index (χ1v) is 9.68. The predicted octanol–water partition coefficient (Wildman–Crippen LogP) is 3.14. The lowest BCUT2D eigenvalue weighted by atomic mass is 10.0. The van der Waals surface area contributed by atoms with E-state index in [1.54, 1.807) is 6.07 Å². The van der Waals surface area contributed by atoms with Crippen molar-refractivity contribution >= 4 is 5.91 Å². The first-order valence-electron chi connectivity index (χ1n) is 9.68. The van der Waals surface area contributed by atoms with Crippen LogP contribution in [-0.2, 0) is 13.0 Å². The van der Waals surface area contributed by atoms with Gasteiger partial charge in [0.1, 0.15) is 5.69 Å². The van der Waals surface area contributed by atoms with E-state index >= 15 is 0 Å². The zero-order valence-electron chi connectivity index (χ0n) is 15.7. The minimum Gasteiger partial charge on any atom is -0.334 e. The number of likely N-dealkylation sites (tertiary alicyclic amines) is 1. The summed E-state index contributed by atoms with van der Waals surface area (Å²) in [6.45, 7) is 1.09. The van der Waals surface area contributed by atoms with Crippen molar-refractivity contribution in [3.8, 4) is 0 Å². The average Bonchev–Trinajstić information content (AvgIpc) is 3.19. The van der Waals surface area contributed by atoms with Crippen LogP contribution in [0.5, 0.6) is 0 Å². The number of nitrogens with zero attached hydrogens (tertiary/aromatic N) is 3. The van der Waals surface area contributed by atoms with E-state index in [0.29, 0.717) is 12.2 Å². The molecule has 142 valence electrons. The fourth-order valence-corrected chi connectivity index (χ4v) is 3.78. The van der Waals surface area contributed by atoms with Crippen LogP contribution < -0.4 is 5.56 Å². The highest BCUT2D eigenvalue weighted by atomic mass is 16.2. The summed E-state index contributed by atoms with van der Waals surface area (Å²) in [5.41, 5.74) is 2.33. The smallest absolute Gasteiger partial charge is 0.274 e. The highest BCUT2D eigenvalue weighted by Crippen LogP contribution is 2.22. The summed E-state index contributed by atoms with van der Waals surface area (Å²) in [7, 11) is 0. The van der Waals surface area contributed by atoms with E-state index in [0.717, 1.165) is 31.4 Å². The zero-order chi connectivity index (χ0) is 19.3. The van der Waals surface area contributed by atoms with Crippen molar-refractivity contribution in [2.75, 3.05) is 6.54 Å². The van der Waals surface area contributed by atoms with Gasteiger partial charge >= 0.3 is 0 Å². The fourth-order valence-electron chi connectivity index (χ4n) is 3.78. The summed E-state index contributed by atoms with van der Waals surface area (Å²) in [6.07, 6.45) is 2.83. The maximum absolute atomic E-state index is 13.1. The molecule has 1 unspecified atom stereocenters. The van der Waals surface area contributed by atoms with Gasteiger partial charge in [0.05, 0.1) is 6.54 Å². The Morgan fingerprint density at radius 3 is 2.32 bits per heavy atom. The molecule has 2 aromatic carbocycles. The Kier molecular flexibility index (Phi) is 5.33. The second-order valence-electron chi connectivity index (χ2n) is 7.18. The number of aromatic nitrogens is 2. The van der Waals surface area contributed by atoms with Crippen molar-refractivity contribution in [2.45, 2.75) is 31.8 Å². The Balaban J connectivity index is 1.54. The second-order valence-corrected chi connectivity index (χ2v) is 7.18. The molecule has 1 atom stereocenters. The summed E-state index contributed by atoms with van der Waals surface area (Å²) in [4.78, 5) is 27.2. The minimum atomic E-state index is -0.206. The van der Waals surface area contributed by atoms with E-state index in [-0.39, 0.29) is 17.5 Å². The van der Waals surface area contributed by atoms with Crippen LogP contribution in [-0.4, -0.2) is 33.2 Å². The maximum atomic E-state index is 13.1. The molecule has 0 spiro atoms. The third-order valence-corrected chi connectivity index (χ3v) is 5.21. The Morgan fingerprint density at radius 1 is 0.929 bits per heavy atom. The topological polar surface area (TPSA) is 55.2 Å². The molecule has 0 radical (unpaired) electrons. The molecule has 0 saturated carbocycles. The van der Waals surface area contributed by atoms with Crippen molar-refractivity contribution < 1.29 is 4.79 Å². The lowest BCUT2D eigenvalue weighted by Crippen LogP contribution is -2.38. The van der Waals surface area contributed by atoms with Crippen LogP contribution in [0.4, 0.5) is 0 Å². The molecule has 2 heterocycles. The van der Waals surface area contributed by atoms with Crippen LogP contribution >= 0.6 is 0 Å². The summed E-state index contributed by atoms with van der Waals surface area (Å²) in [6, 6.07) is 23.1. The van der Waals surface area contributed by atoms with Crippen molar-refractivity contribution in [2.24, 2.45) is 0 Å². The van der Waals surface area contributed by atoms with E-state index < -0.39 is 0 Å². The fraction of sp³-hybridized carbons (Fsp3) is 0.261. The van der Waals surface area contributed by atoms with Crippen molar-refractivity contribution in [3.63, 3.8) is 0 Å². The number of benzene rings is 2. The van der Waals surface area contributed by atoms with E-state index in [9.17, 15) is 9.59 Å². The lowest BCUT2D eigenvalue weighted by Gasteiger charge is -2.24. The van der Waals surface area contributed by atoms with Crippen LogP contribution in [0.25, 0.3) is 0 Å². The molecule has 0 bridgehead atoms. The molecule has 5 heteroatoms. The number of rotatable bonds is 5. The van der Waals surface area contributed by atoms with Gasteiger partial charge in [0, 0.05) is 18.7 Å². The molecule has 0 N–H and O–H groups in total. The van der Waals surface area contributed by atoms with Gasteiger partial charge < -0.3 is 4.90 Å². The molecule has 1 amide bonds. The van der Waals surface area contributed by atoms with E-state index in [2.05, 4.69) is 17.2 Å². The Morgan fingerprint density at radius 2 is 1.61 bits per heavy atom. The lowest BCUT2D eigenvalue weighted by molar-refractivity contribution is 0.0727. The SMILES string of the molecule is O=C(c1ccc(=O)n(Cc2ccccc2)n1)N1CCCC1Cc1ccccc1. The van der Waals surface area contributed by atoms with Crippen LogP contribution in [0.3, 0.4) is 0 Å². The molecule has 3 aromatic rings. The van der Waals surface area contributed by atoms with Crippen molar-refractivity contribution in [1.29, 1.82) is 0 Å². The third-order valence-electron chi connectivity index (χ3n) is 5.21. The summed E-state index contributed by atoms with van der Waals surface area (Å²) in [5.74, 6) is -0.0970. The molecule has 4 rings (SSSR count). The Labute approximate surface area is 164 Å². The van der Waals surface area contributed by atoms with Gasteiger partial charge in [0.2, 0.25) is 0 Å². The van der Waals surface area contributed by atoms with Gasteiger partial charge in [0.25, 0.3) is 11.5 Å². The highest BCUT2D eigenvalue weighted by molar-refractivity contribution is 5.92. The molecular formula is C23H23N3O2. The second kappa shape index (κ2) is 8.21. The number of hydrogen-bond acceptors (Lipinski definition) is 3. The Hall–Kier alpha value is -3.21. The average molecular weight is 373 g/mol. The van der Waals surface area contributed by atoms with Crippen LogP contribution in [0.15, 0.2) is 77.6 Å². The number of carbonyl (C=O) groups is 1. The first kappa shape index (κ1) is 18.2. The monoisotopic (exact) mass is 373 g/mol. The molecule has 1 fully saturated rings. The van der Waals surface area contributed by atoms with Gasteiger partial charge in [-0.2, -0.15) is 5.10 Å². The van der Waals surface area contributed by atoms with Gasteiger partial charge in [-0.1, -0.05) is 60.7 Å². The maximum Gasteiger partial charge on any atom is 0.274 e. The van der Waals surface area contributed by atoms with Crippen LogP contribution in [0.2, 0.25) is 0 Å². The normalized spacial score (nSPS) is 16.3.